The highest BCUT2D eigenvalue weighted by Crippen LogP contribution is 2.21. The summed E-state index contributed by atoms with van der Waals surface area (Å²) in [5.74, 6) is 1.01. The van der Waals surface area contributed by atoms with Crippen molar-refractivity contribution in [2.24, 2.45) is 0 Å². The van der Waals surface area contributed by atoms with E-state index in [1.54, 1.807) is 28.8 Å². The van der Waals surface area contributed by atoms with Gasteiger partial charge in [0.2, 0.25) is 0 Å². The zero-order valence-corrected chi connectivity index (χ0v) is 12.5. The van der Waals surface area contributed by atoms with E-state index >= 15 is 0 Å². The van der Waals surface area contributed by atoms with E-state index in [9.17, 15) is 4.79 Å². The lowest BCUT2D eigenvalue weighted by atomic mass is 10.1. The maximum absolute atomic E-state index is 12.3. The normalized spacial score (nSPS) is 10.9. The van der Waals surface area contributed by atoms with Gasteiger partial charge >= 0.3 is 0 Å². The van der Waals surface area contributed by atoms with Crippen molar-refractivity contribution in [3.8, 4) is 5.69 Å². The molecule has 2 aromatic heterocycles. The molecule has 3 rings (SSSR count). The molecule has 5 heteroatoms. The number of pyridine rings is 1. The van der Waals surface area contributed by atoms with Crippen LogP contribution in [0.25, 0.3) is 16.6 Å². The predicted molar refractivity (Wildman–Crippen MR) is 86.2 cm³/mol. The quantitative estimate of drug-likeness (QED) is 0.678. The van der Waals surface area contributed by atoms with E-state index in [1.165, 1.54) is 0 Å². The minimum absolute atomic E-state index is 0.167. The number of nitrogens with zero attached hydrogens (tertiary/aromatic N) is 3. The average molecular weight is 297 g/mol. The summed E-state index contributed by atoms with van der Waals surface area (Å²) in [5.41, 5.74) is 2.46. The molecule has 0 N–H and O–H groups in total. The first-order chi connectivity index (χ1) is 10.3. The van der Waals surface area contributed by atoms with Crippen LogP contribution in [-0.2, 0) is 0 Å². The second kappa shape index (κ2) is 6.10. The number of thioether (sulfide) groups is 1. The van der Waals surface area contributed by atoms with Gasteiger partial charge in [0.1, 0.15) is 0 Å². The van der Waals surface area contributed by atoms with Gasteiger partial charge in [-0.15, -0.1) is 0 Å². The van der Waals surface area contributed by atoms with Gasteiger partial charge in [-0.3, -0.25) is 9.78 Å². The number of hydrogen-bond donors (Lipinski definition) is 0. The Hall–Kier alpha value is -2.14. The fraction of sp³-hybridized carbons (Fsp3) is 0.188. The van der Waals surface area contributed by atoms with Crippen molar-refractivity contribution >= 4 is 28.4 Å². The molecule has 2 heterocycles. The zero-order chi connectivity index (χ0) is 14.7. The van der Waals surface area contributed by atoms with E-state index in [1.807, 2.05) is 42.8 Å². The molecule has 0 bridgehead atoms. The first kappa shape index (κ1) is 13.8. The third-order valence-corrected chi connectivity index (χ3v) is 3.91. The molecule has 0 aliphatic rings. The molecule has 0 fully saturated rings. The van der Waals surface area contributed by atoms with Crippen LogP contribution in [-0.4, -0.2) is 32.6 Å². The van der Waals surface area contributed by atoms with Crippen molar-refractivity contribution in [3.63, 3.8) is 0 Å². The zero-order valence-electron chi connectivity index (χ0n) is 11.7. The summed E-state index contributed by atoms with van der Waals surface area (Å²) in [6.07, 6.45) is 7.94. The second-order valence-corrected chi connectivity index (χ2v) is 5.67. The number of fused-ring (bicyclic) bond motifs is 1. The second-order valence-electron chi connectivity index (χ2n) is 4.69. The monoisotopic (exact) mass is 297 g/mol. The van der Waals surface area contributed by atoms with Gasteiger partial charge in [-0.25, -0.2) is 4.68 Å². The Bertz CT molecular complexity index is 768. The number of rotatable bonds is 5. The van der Waals surface area contributed by atoms with Gasteiger partial charge in [-0.1, -0.05) is 12.1 Å². The van der Waals surface area contributed by atoms with Gasteiger partial charge in [-0.2, -0.15) is 16.9 Å². The third-order valence-electron chi connectivity index (χ3n) is 3.29. The smallest absolute Gasteiger partial charge is 0.164 e. The largest absolute Gasteiger partial charge is 0.294 e. The van der Waals surface area contributed by atoms with Crippen LogP contribution >= 0.6 is 11.8 Å². The molecular weight excluding hydrogens is 282 g/mol. The molecule has 0 saturated heterocycles. The van der Waals surface area contributed by atoms with Crippen LogP contribution in [0.3, 0.4) is 0 Å². The van der Waals surface area contributed by atoms with Crippen LogP contribution in [0.1, 0.15) is 16.8 Å². The number of hydrogen-bond acceptors (Lipinski definition) is 4. The molecule has 0 spiro atoms. The lowest BCUT2D eigenvalue weighted by Gasteiger charge is -2.00. The summed E-state index contributed by atoms with van der Waals surface area (Å²) in [5, 5.41) is 5.42. The van der Waals surface area contributed by atoms with E-state index < -0.39 is 0 Å². The highest BCUT2D eigenvalue weighted by Gasteiger charge is 2.12. The predicted octanol–water partition coefficient (Wildman–Crippen LogP) is 3.36. The number of ketones is 1. The Morgan fingerprint density at radius 3 is 2.95 bits per heavy atom. The van der Waals surface area contributed by atoms with Gasteiger partial charge in [0, 0.05) is 35.5 Å². The first-order valence-corrected chi connectivity index (χ1v) is 8.10. The standard InChI is InChI=1S/C16H15N3OS/c1-21-9-7-16(20)13-5-2-6-15-14(13)11-19(18-15)12-4-3-8-17-10-12/h2-6,8,10-11H,7,9H2,1H3. The number of Topliss-reactive ketones (excluding diaryl/α,β-unsaturated/α-hetero) is 1. The van der Waals surface area contributed by atoms with Gasteiger partial charge in [0.15, 0.2) is 5.78 Å². The van der Waals surface area contributed by atoms with Crippen LogP contribution in [0, 0.1) is 0 Å². The van der Waals surface area contributed by atoms with E-state index in [2.05, 4.69) is 10.1 Å². The Balaban J connectivity index is 2.04. The molecule has 3 aromatic rings. The fourth-order valence-corrected chi connectivity index (χ4v) is 2.63. The third kappa shape index (κ3) is 2.83. The SMILES string of the molecule is CSCCC(=O)c1cccc2nn(-c3cccnc3)cc12. The molecular formula is C16H15N3OS. The Kier molecular flexibility index (Phi) is 4.01. The van der Waals surface area contributed by atoms with Gasteiger partial charge in [0.05, 0.1) is 17.4 Å². The number of carbonyl (C=O) groups is 1. The molecule has 21 heavy (non-hydrogen) atoms. The molecule has 0 aliphatic heterocycles. The topological polar surface area (TPSA) is 47.8 Å². The van der Waals surface area contributed by atoms with Crippen molar-refractivity contribution in [1.82, 2.24) is 14.8 Å². The Morgan fingerprint density at radius 2 is 2.19 bits per heavy atom. The molecule has 4 nitrogen and oxygen atoms in total. The number of carbonyl (C=O) groups excluding carboxylic acids is 1. The van der Waals surface area contributed by atoms with E-state index in [0.29, 0.717) is 6.42 Å². The highest BCUT2D eigenvalue weighted by atomic mass is 32.2. The van der Waals surface area contributed by atoms with E-state index in [-0.39, 0.29) is 5.78 Å². The number of benzene rings is 1. The molecule has 0 radical (unpaired) electrons. The highest BCUT2D eigenvalue weighted by molar-refractivity contribution is 7.98. The summed E-state index contributed by atoms with van der Waals surface area (Å²) in [4.78, 5) is 16.4. The number of aromatic nitrogens is 3. The maximum Gasteiger partial charge on any atom is 0.164 e. The van der Waals surface area contributed by atoms with Crippen molar-refractivity contribution in [2.75, 3.05) is 12.0 Å². The van der Waals surface area contributed by atoms with Crippen LogP contribution in [0.5, 0.6) is 0 Å². The van der Waals surface area contributed by atoms with Crippen molar-refractivity contribution in [2.45, 2.75) is 6.42 Å². The summed E-state index contributed by atoms with van der Waals surface area (Å²) in [6.45, 7) is 0. The minimum Gasteiger partial charge on any atom is -0.294 e. The van der Waals surface area contributed by atoms with Gasteiger partial charge < -0.3 is 0 Å². The molecule has 0 saturated carbocycles. The van der Waals surface area contributed by atoms with Crippen molar-refractivity contribution in [3.05, 3.63) is 54.5 Å². The van der Waals surface area contributed by atoms with Gasteiger partial charge in [0.25, 0.3) is 0 Å². The lowest BCUT2D eigenvalue weighted by molar-refractivity contribution is 0.0991. The molecule has 106 valence electrons. The molecule has 0 aliphatic carbocycles. The maximum atomic E-state index is 12.3. The van der Waals surface area contributed by atoms with E-state index in [4.69, 9.17) is 0 Å². The summed E-state index contributed by atoms with van der Waals surface area (Å²) in [6, 6.07) is 9.49. The lowest BCUT2D eigenvalue weighted by Crippen LogP contribution is -2.00. The first-order valence-electron chi connectivity index (χ1n) is 6.70. The Labute approximate surface area is 127 Å². The molecule has 0 unspecified atom stereocenters. The molecule has 1 aromatic carbocycles. The summed E-state index contributed by atoms with van der Waals surface area (Å²) >= 11 is 1.68. The minimum atomic E-state index is 0.167. The van der Waals surface area contributed by atoms with Gasteiger partial charge in [-0.05, 0) is 24.5 Å². The summed E-state index contributed by atoms with van der Waals surface area (Å²) < 4.78 is 1.77. The average Bonchev–Trinajstić information content (AvgIpc) is 2.97. The molecule has 0 atom stereocenters. The van der Waals surface area contributed by atoms with E-state index in [0.717, 1.165) is 27.9 Å². The fourth-order valence-electron chi connectivity index (χ4n) is 2.24. The van der Waals surface area contributed by atoms with Crippen LogP contribution < -0.4 is 0 Å². The Morgan fingerprint density at radius 1 is 1.29 bits per heavy atom. The molecule has 0 amide bonds. The van der Waals surface area contributed by atoms with Crippen molar-refractivity contribution in [1.29, 1.82) is 0 Å². The van der Waals surface area contributed by atoms with Crippen LogP contribution in [0.4, 0.5) is 0 Å². The summed E-state index contributed by atoms with van der Waals surface area (Å²) in [7, 11) is 0. The van der Waals surface area contributed by atoms with Crippen LogP contribution in [0.2, 0.25) is 0 Å². The van der Waals surface area contributed by atoms with Crippen LogP contribution in [0.15, 0.2) is 48.9 Å². The van der Waals surface area contributed by atoms with Crippen molar-refractivity contribution < 1.29 is 4.79 Å².